The van der Waals surface area contributed by atoms with Gasteiger partial charge >= 0.3 is 5.69 Å². The van der Waals surface area contributed by atoms with E-state index in [2.05, 4.69) is 15.2 Å². The number of hydrogen-bond donors (Lipinski definition) is 0. The first-order valence-corrected chi connectivity index (χ1v) is 9.40. The lowest BCUT2D eigenvalue weighted by molar-refractivity contribution is 0.604. The summed E-state index contributed by atoms with van der Waals surface area (Å²) in [7, 11) is 1.78. The van der Waals surface area contributed by atoms with Crippen LogP contribution in [0.1, 0.15) is 25.2 Å². The molecular weight excluding hydrogens is 370 g/mol. The molecule has 4 rings (SSSR count). The molecule has 0 fully saturated rings. The van der Waals surface area contributed by atoms with Crippen molar-refractivity contribution in [3.63, 3.8) is 0 Å². The molecule has 0 bridgehead atoms. The van der Waals surface area contributed by atoms with Gasteiger partial charge in [-0.2, -0.15) is 15.0 Å². The number of nitrogens with zero attached hydrogens (tertiary/aromatic N) is 7. The maximum absolute atomic E-state index is 12.8. The van der Waals surface area contributed by atoms with Gasteiger partial charge in [0.2, 0.25) is 0 Å². The third kappa shape index (κ3) is 3.10. The van der Waals surface area contributed by atoms with Crippen molar-refractivity contribution in [3.8, 4) is 5.69 Å². The Morgan fingerprint density at radius 1 is 1.00 bits per heavy atom. The largest absolute Gasteiger partial charge is 0.332 e. The molecule has 4 aromatic rings. The van der Waals surface area contributed by atoms with Crippen LogP contribution >= 0.6 is 0 Å². The topological polar surface area (TPSA) is 92.5 Å². The number of aryl methyl sites for hydroxylation is 2. The summed E-state index contributed by atoms with van der Waals surface area (Å²) in [5, 5.41) is 8.28. The van der Waals surface area contributed by atoms with Crippen molar-refractivity contribution in [1.82, 2.24) is 33.7 Å². The molecule has 0 aliphatic heterocycles. The number of imidazole rings is 1. The van der Waals surface area contributed by atoms with E-state index in [1.165, 1.54) is 9.13 Å². The first-order chi connectivity index (χ1) is 14.0. The molecule has 148 valence electrons. The summed E-state index contributed by atoms with van der Waals surface area (Å²) in [6.07, 6.45) is 6.98. The zero-order chi connectivity index (χ0) is 20.5. The molecule has 9 nitrogen and oxygen atoms in total. The van der Waals surface area contributed by atoms with Gasteiger partial charge in [0.05, 0.1) is 18.1 Å². The van der Waals surface area contributed by atoms with Crippen LogP contribution in [0.4, 0.5) is 0 Å². The second-order valence-corrected chi connectivity index (χ2v) is 6.52. The molecule has 9 heteroatoms. The summed E-state index contributed by atoms with van der Waals surface area (Å²) in [5.41, 5.74) is 1.95. The van der Waals surface area contributed by atoms with Crippen molar-refractivity contribution < 1.29 is 0 Å². The van der Waals surface area contributed by atoms with E-state index in [-0.39, 0.29) is 11.2 Å². The van der Waals surface area contributed by atoms with E-state index in [0.717, 1.165) is 11.3 Å². The SMILES string of the molecule is CCn1c(=O)c2c(nc(C=Cc3cccc(-n4nccn4)c3)n2C)n(CC)c1=O. The lowest BCUT2D eigenvalue weighted by Gasteiger charge is -2.08. The van der Waals surface area contributed by atoms with Gasteiger partial charge in [-0.15, -0.1) is 0 Å². The van der Waals surface area contributed by atoms with E-state index < -0.39 is 0 Å². The van der Waals surface area contributed by atoms with Crippen molar-refractivity contribution in [2.24, 2.45) is 7.05 Å². The number of rotatable bonds is 5. The Morgan fingerprint density at radius 3 is 2.41 bits per heavy atom. The third-order valence-electron chi connectivity index (χ3n) is 4.85. The van der Waals surface area contributed by atoms with E-state index >= 15 is 0 Å². The van der Waals surface area contributed by atoms with E-state index in [9.17, 15) is 9.59 Å². The molecule has 0 saturated heterocycles. The Labute approximate surface area is 166 Å². The van der Waals surface area contributed by atoms with Gasteiger partial charge in [0.15, 0.2) is 11.2 Å². The summed E-state index contributed by atoms with van der Waals surface area (Å²) >= 11 is 0. The van der Waals surface area contributed by atoms with Crippen LogP contribution in [0.3, 0.4) is 0 Å². The second kappa shape index (κ2) is 7.34. The maximum atomic E-state index is 12.8. The Morgan fingerprint density at radius 2 is 1.72 bits per heavy atom. The van der Waals surface area contributed by atoms with Gasteiger partial charge in [0, 0.05) is 20.1 Å². The summed E-state index contributed by atoms with van der Waals surface area (Å²) in [6, 6.07) is 7.74. The fraction of sp³-hybridized carbons (Fsp3) is 0.250. The molecule has 0 saturated carbocycles. The highest BCUT2D eigenvalue weighted by Gasteiger charge is 2.17. The summed E-state index contributed by atoms with van der Waals surface area (Å²) < 4.78 is 4.49. The molecule has 0 unspecified atom stereocenters. The summed E-state index contributed by atoms with van der Waals surface area (Å²) in [5.74, 6) is 0.593. The zero-order valence-electron chi connectivity index (χ0n) is 16.5. The van der Waals surface area contributed by atoms with E-state index in [0.29, 0.717) is 30.1 Å². The molecular formula is C20H21N7O2. The van der Waals surface area contributed by atoms with Crippen molar-refractivity contribution in [2.45, 2.75) is 26.9 Å². The van der Waals surface area contributed by atoms with Crippen LogP contribution < -0.4 is 11.2 Å². The van der Waals surface area contributed by atoms with Gasteiger partial charge < -0.3 is 4.57 Å². The first-order valence-electron chi connectivity index (χ1n) is 9.40. The normalized spacial score (nSPS) is 11.7. The summed E-state index contributed by atoms with van der Waals surface area (Å²) in [6.45, 7) is 4.41. The molecule has 0 atom stereocenters. The Bertz CT molecular complexity index is 1320. The van der Waals surface area contributed by atoms with Gasteiger partial charge in [-0.3, -0.25) is 13.9 Å². The Balaban J connectivity index is 1.81. The molecule has 0 radical (unpaired) electrons. The van der Waals surface area contributed by atoms with Crippen LogP contribution in [0.15, 0.2) is 46.2 Å². The average molecular weight is 391 g/mol. The van der Waals surface area contributed by atoms with Crippen molar-refractivity contribution in [3.05, 3.63) is 68.9 Å². The standard InChI is InChI=1S/C20H21N7O2/c1-4-25-18-17(19(28)26(5-2)20(25)29)24(3)16(23-18)10-9-14-7-6-8-15(13-14)27-21-11-12-22-27/h6-13H,4-5H2,1-3H3. The van der Waals surface area contributed by atoms with Crippen molar-refractivity contribution >= 4 is 23.3 Å². The van der Waals surface area contributed by atoms with E-state index in [4.69, 9.17) is 0 Å². The fourth-order valence-electron chi connectivity index (χ4n) is 3.36. The van der Waals surface area contributed by atoms with E-state index in [1.54, 1.807) is 35.7 Å². The first kappa shape index (κ1) is 18.6. The minimum Gasteiger partial charge on any atom is -0.322 e. The van der Waals surface area contributed by atoms with Crippen LogP contribution in [0.2, 0.25) is 0 Å². The molecule has 3 heterocycles. The zero-order valence-corrected chi connectivity index (χ0v) is 16.5. The quantitative estimate of drug-likeness (QED) is 0.516. The number of hydrogen-bond acceptors (Lipinski definition) is 5. The van der Waals surface area contributed by atoms with Crippen molar-refractivity contribution in [1.29, 1.82) is 0 Å². The van der Waals surface area contributed by atoms with E-state index in [1.807, 2.05) is 43.3 Å². The minimum atomic E-state index is -0.333. The Hall–Kier alpha value is -3.75. The highest BCUT2D eigenvalue weighted by Crippen LogP contribution is 2.15. The monoisotopic (exact) mass is 391 g/mol. The number of fused-ring (bicyclic) bond motifs is 1. The molecule has 29 heavy (non-hydrogen) atoms. The van der Waals surface area contributed by atoms with Crippen LogP contribution in [0.25, 0.3) is 29.0 Å². The van der Waals surface area contributed by atoms with Crippen LogP contribution in [-0.4, -0.2) is 33.7 Å². The molecule has 0 N–H and O–H groups in total. The van der Waals surface area contributed by atoms with Crippen molar-refractivity contribution in [2.75, 3.05) is 0 Å². The smallest absolute Gasteiger partial charge is 0.322 e. The Kier molecular flexibility index (Phi) is 4.71. The maximum Gasteiger partial charge on any atom is 0.332 e. The van der Waals surface area contributed by atoms with Gasteiger partial charge in [0.1, 0.15) is 5.82 Å². The molecule has 0 aliphatic carbocycles. The fourth-order valence-corrected chi connectivity index (χ4v) is 3.36. The lowest BCUT2D eigenvalue weighted by Crippen LogP contribution is -2.39. The highest BCUT2D eigenvalue weighted by molar-refractivity contribution is 5.76. The minimum absolute atomic E-state index is 0.318. The van der Waals surface area contributed by atoms with Gasteiger partial charge in [0.25, 0.3) is 5.56 Å². The van der Waals surface area contributed by atoms with Gasteiger partial charge in [-0.25, -0.2) is 9.78 Å². The van der Waals surface area contributed by atoms with Gasteiger partial charge in [-0.05, 0) is 37.6 Å². The predicted octanol–water partition coefficient (Wildman–Crippen LogP) is 1.69. The van der Waals surface area contributed by atoms with Crippen LogP contribution in [0, 0.1) is 0 Å². The molecule has 0 spiro atoms. The molecule has 1 aromatic carbocycles. The summed E-state index contributed by atoms with van der Waals surface area (Å²) in [4.78, 5) is 31.4. The third-order valence-corrected chi connectivity index (χ3v) is 4.85. The van der Waals surface area contributed by atoms with Crippen LogP contribution in [0.5, 0.6) is 0 Å². The predicted molar refractivity (Wildman–Crippen MR) is 111 cm³/mol. The molecule has 3 aromatic heterocycles. The van der Waals surface area contributed by atoms with Gasteiger partial charge in [-0.1, -0.05) is 18.2 Å². The molecule has 0 aliphatic rings. The highest BCUT2D eigenvalue weighted by atomic mass is 16.2. The number of aromatic nitrogens is 7. The molecule has 0 amide bonds. The lowest BCUT2D eigenvalue weighted by atomic mass is 10.2. The van der Waals surface area contributed by atoms with Crippen LogP contribution in [-0.2, 0) is 20.1 Å². The number of benzene rings is 1. The second-order valence-electron chi connectivity index (χ2n) is 6.52. The average Bonchev–Trinajstić information content (AvgIpc) is 3.36.